The van der Waals surface area contributed by atoms with Gasteiger partial charge < -0.3 is 19.2 Å². The molecule has 1 amide bonds. The number of rotatable bonds is 5. The van der Waals surface area contributed by atoms with E-state index in [1.807, 2.05) is 0 Å². The van der Waals surface area contributed by atoms with Crippen LogP contribution in [-0.2, 0) is 14.3 Å². The maximum Gasteiger partial charge on any atom is 0.408 e. The van der Waals surface area contributed by atoms with Crippen molar-refractivity contribution in [3.8, 4) is 0 Å². The zero-order valence-electron chi connectivity index (χ0n) is 11.6. The molecule has 0 aromatic carbocycles. The first kappa shape index (κ1) is 15.1. The zero-order valence-corrected chi connectivity index (χ0v) is 11.6. The minimum atomic E-state index is -1.00. The summed E-state index contributed by atoms with van der Waals surface area (Å²) >= 11 is 0. The number of amides is 1. The highest BCUT2D eigenvalue weighted by atomic mass is 16.6. The molecule has 0 bridgehead atoms. The minimum Gasteiger partial charge on any atom is -0.464 e. The third kappa shape index (κ3) is 4.65. The molecule has 0 saturated carbocycles. The van der Waals surface area contributed by atoms with Gasteiger partial charge in [0.2, 0.25) is 0 Å². The first-order chi connectivity index (χ1) is 8.93. The predicted octanol–water partition coefficient (Wildman–Crippen LogP) is 2.33. The molecule has 0 fully saturated rings. The Hall–Kier alpha value is -1.98. The number of esters is 1. The van der Waals surface area contributed by atoms with Crippen LogP contribution in [0.25, 0.3) is 0 Å². The molecule has 1 N–H and O–H groups in total. The van der Waals surface area contributed by atoms with E-state index in [1.54, 1.807) is 39.8 Å². The van der Waals surface area contributed by atoms with Crippen LogP contribution in [0.2, 0.25) is 0 Å². The Morgan fingerprint density at radius 3 is 2.53 bits per heavy atom. The molecule has 0 aliphatic rings. The molecule has 1 rings (SSSR count). The fraction of sp³-hybridized carbons (Fsp3) is 0.538. The van der Waals surface area contributed by atoms with Gasteiger partial charge in [0.15, 0.2) is 6.04 Å². The van der Waals surface area contributed by atoms with E-state index < -0.39 is 18.1 Å². The van der Waals surface area contributed by atoms with E-state index in [2.05, 4.69) is 5.32 Å². The van der Waals surface area contributed by atoms with Gasteiger partial charge in [0.25, 0.3) is 0 Å². The summed E-state index contributed by atoms with van der Waals surface area (Å²) in [5, 5.41) is 2.43. The highest BCUT2D eigenvalue weighted by Crippen LogP contribution is 2.18. The summed E-state index contributed by atoms with van der Waals surface area (Å²) in [7, 11) is 0. The Morgan fingerprint density at radius 1 is 1.37 bits per heavy atom. The smallest absolute Gasteiger partial charge is 0.408 e. The number of hydrogen-bond donors (Lipinski definition) is 1. The summed E-state index contributed by atoms with van der Waals surface area (Å²) in [6.07, 6.45) is -0.969. The van der Waals surface area contributed by atoms with Crippen LogP contribution in [0.15, 0.2) is 16.5 Å². The van der Waals surface area contributed by atoms with Gasteiger partial charge in [0.05, 0.1) is 12.7 Å². The van der Waals surface area contributed by atoms with Crippen molar-refractivity contribution in [2.75, 3.05) is 6.61 Å². The SMILES string of the molecule is CCOC(=O)[C@H](NC(=O)OC(C)C)c1ccc(C)o1. The minimum absolute atomic E-state index is 0.218. The molecule has 1 heterocycles. The van der Waals surface area contributed by atoms with E-state index in [4.69, 9.17) is 13.9 Å². The number of hydrogen-bond acceptors (Lipinski definition) is 5. The average Bonchev–Trinajstić information content (AvgIpc) is 2.71. The van der Waals surface area contributed by atoms with E-state index in [0.717, 1.165) is 0 Å². The van der Waals surface area contributed by atoms with Gasteiger partial charge in [0.1, 0.15) is 11.5 Å². The van der Waals surface area contributed by atoms with Crippen molar-refractivity contribution in [2.24, 2.45) is 0 Å². The third-order valence-corrected chi connectivity index (χ3v) is 2.17. The van der Waals surface area contributed by atoms with Gasteiger partial charge in [0, 0.05) is 0 Å². The van der Waals surface area contributed by atoms with Gasteiger partial charge in [-0.2, -0.15) is 0 Å². The fourth-order valence-corrected chi connectivity index (χ4v) is 1.45. The van der Waals surface area contributed by atoms with Crippen LogP contribution < -0.4 is 5.32 Å². The van der Waals surface area contributed by atoms with Crippen molar-refractivity contribution in [2.45, 2.75) is 39.8 Å². The Kier molecular flexibility index (Phi) is 5.41. The number of carbonyl (C=O) groups excluding carboxylic acids is 2. The number of aryl methyl sites for hydroxylation is 1. The second-order valence-corrected chi connectivity index (χ2v) is 4.23. The summed E-state index contributed by atoms with van der Waals surface area (Å²) in [5.41, 5.74) is 0. The third-order valence-electron chi connectivity index (χ3n) is 2.17. The van der Waals surface area contributed by atoms with Crippen molar-refractivity contribution in [1.82, 2.24) is 5.32 Å². The van der Waals surface area contributed by atoms with Gasteiger partial charge in [-0.05, 0) is 39.8 Å². The van der Waals surface area contributed by atoms with Crippen molar-refractivity contribution in [3.63, 3.8) is 0 Å². The molecule has 0 unspecified atom stereocenters. The van der Waals surface area contributed by atoms with E-state index in [1.165, 1.54) is 0 Å². The highest BCUT2D eigenvalue weighted by Gasteiger charge is 2.27. The fourth-order valence-electron chi connectivity index (χ4n) is 1.45. The van der Waals surface area contributed by atoms with E-state index in [0.29, 0.717) is 11.5 Å². The molecule has 1 aromatic heterocycles. The molecule has 1 aromatic rings. The largest absolute Gasteiger partial charge is 0.464 e. The molecule has 0 aliphatic heterocycles. The second-order valence-electron chi connectivity index (χ2n) is 4.23. The Balaban J connectivity index is 2.81. The molecule has 6 nitrogen and oxygen atoms in total. The summed E-state index contributed by atoms with van der Waals surface area (Å²) in [6, 6.07) is 2.32. The lowest BCUT2D eigenvalue weighted by atomic mass is 10.2. The summed E-state index contributed by atoms with van der Waals surface area (Å²) < 4.78 is 15.2. The van der Waals surface area contributed by atoms with Crippen molar-refractivity contribution < 1.29 is 23.5 Å². The molecular weight excluding hydrogens is 250 g/mol. The van der Waals surface area contributed by atoms with E-state index in [9.17, 15) is 9.59 Å². The van der Waals surface area contributed by atoms with Gasteiger partial charge in [-0.3, -0.25) is 0 Å². The molecule has 106 valence electrons. The van der Waals surface area contributed by atoms with Crippen LogP contribution in [0, 0.1) is 6.92 Å². The number of nitrogens with one attached hydrogen (secondary N) is 1. The van der Waals surface area contributed by atoms with Gasteiger partial charge in [-0.15, -0.1) is 0 Å². The van der Waals surface area contributed by atoms with E-state index >= 15 is 0 Å². The number of alkyl carbamates (subject to hydrolysis) is 1. The van der Waals surface area contributed by atoms with Gasteiger partial charge in [-0.25, -0.2) is 9.59 Å². The molecule has 0 aliphatic carbocycles. The van der Waals surface area contributed by atoms with Crippen LogP contribution in [0.4, 0.5) is 4.79 Å². The van der Waals surface area contributed by atoms with Crippen molar-refractivity contribution in [1.29, 1.82) is 0 Å². The zero-order chi connectivity index (χ0) is 14.4. The van der Waals surface area contributed by atoms with Crippen LogP contribution in [0.1, 0.15) is 38.3 Å². The second kappa shape index (κ2) is 6.82. The molecule has 0 spiro atoms. The Labute approximate surface area is 112 Å². The lowest BCUT2D eigenvalue weighted by molar-refractivity contribution is -0.146. The Morgan fingerprint density at radius 2 is 2.05 bits per heavy atom. The molecule has 6 heteroatoms. The predicted molar refractivity (Wildman–Crippen MR) is 67.6 cm³/mol. The lowest BCUT2D eigenvalue weighted by Crippen LogP contribution is -2.36. The first-order valence-corrected chi connectivity index (χ1v) is 6.14. The van der Waals surface area contributed by atoms with Gasteiger partial charge >= 0.3 is 12.1 Å². The summed E-state index contributed by atoms with van der Waals surface area (Å²) in [6.45, 7) is 7.09. The number of carbonyl (C=O) groups is 2. The molecule has 0 saturated heterocycles. The first-order valence-electron chi connectivity index (χ1n) is 6.14. The number of ether oxygens (including phenoxy) is 2. The average molecular weight is 269 g/mol. The normalized spacial score (nSPS) is 12.1. The van der Waals surface area contributed by atoms with Crippen molar-refractivity contribution in [3.05, 3.63) is 23.7 Å². The lowest BCUT2D eigenvalue weighted by Gasteiger charge is -2.16. The van der Waals surface area contributed by atoms with Crippen LogP contribution in [0.5, 0.6) is 0 Å². The topological polar surface area (TPSA) is 77.8 Å². The van der Waals surface area contributed by atoms with Crippen molar-refractivity contribution >= 4 is 12.1 Å². The monoisotopic (exact) mass is 269 g/mol. The maximum absolute atomic E-state index is 11.8. The quantitative estimate of drug-likeness (QED) is 0.830. The molecule has 0 radical (unpaired) electrons. The van der Waals surface area contributed by atoms with Crippen LogP contribution in [-0.4, -0.2) is 24.8 Å². The van der Waals surface area contributed by atoms with Crippen LogP contribution in [0.3, 0.4) is 0 Å². The molecular formula is C13H19NO5. The van der Waals surface area contributed by atoms with E-state index in [-0.39, 0.29) is 12.7 Å². The number of furan rings is 1. The molecule has 19 heavy (non-hydrogen) atoms. The molecule has 1 atom stereocenters. The van der Waals surface area contributed by atoms with Crippen LogP contribution >= 0.6 is 0 Å². The van der Waals surface area contributed by atoms with Gasteiger partial charge in [-0.1, -0.05) is 0 Å². The summed E-state index contributed by atoms with van der Waals surface area (Å²) in [5.74, 6) is 0.373. The highest BCUT2D eigenvalue weighted by molar-refractivity contribution is 5.82. The Bertz CT molecular complexity index is 438. The summed E-state index contributed by atoms with van der Waals surface area (Å²) in [4.78, 5) is 23.4. The standard InChI is InChI=1S/C13H19NO5/c1-5-17-12(15)11(10-7-6-9(4)19-10)14-13(16)18-8(2)3/h6-8,11H,5H2,1-4H3,(H,14,16)/t11-/m1/s1. The maximum atomic E-state index is 11.8.